The topological polar surface area (TPSA) is 93.3 Å². The fraction of sp³-hybridized carbons (Fsp3) is 0.167. The molecular weight excluding hydrogens is 180 g/mol. The van der Waals surface area contributed by atoms with E-state index in [1.54, 1.807) is 0 Å². The van der Waals surface area contributed by atoms with Crippen LogP contribution in [0.25, 0.3) is 0 Å². The van der Waals surface area contributed by atoms with Gasteiger partial charge in [0, 0.05) is 6.20 Å². The summed E-state index contributed by atoms with van der Waals surface area (Å²) >= 11 is 0. The van der Waals surface area contributed by atoms with Gasteiger partial charge in [0.05, 0.1) is 0 Å². The number of nitrogens with zero attached hydrogens (tertiary/aromatic N) is 1. The molecule has 0 aliphatic carbocycles. The van der Waals surface area contributed by atoms with Gasteiger partial charge in [0.25, 0.3) is 0 Å². The van der Waals surface area contributed by atoms with Crippen molar-refractivity contribution < 1.29 is 13.5 Å². The maximum absolute atomic E-state index is 11.1. The average Bonchev–Trinajstić information content (AvgIpc) is 2.05. The molecule has 1 rings (SSSR count). The van der Waals surface area contributed by atoms with Crippen molar-refractivity contribution in [3.05, 3.63) is 18.3 Å². The van der Waals surface area contributed by atoms with Crippen LogP contribution in [0.15, 0.2) is 23.2 Å². The van der Waals surface area contributed by atoms with Crippen LogP contribution >= 0.6 is 0 Å². The lowest BCUT2D eigenvalue weighted by molar-refractivity contribution is 0.358. The van der Waals surface area contributed by atoms with E-state index < -0.39 is 15.8 Å². The first-order valence-electron chi connectivity index (χ1n) is 3.12. The number of nitrogens with two attached hydrogens (primary N) is 1. The normalized spacial score (nSPS) is 11.4. The van der Waals surface area contributed by atoms with Crippen molar-refractivity contribution in [3.63, 3.8) is 0 Å². The molecule has 0 aliphatic rings. The Kier molecular flexibility index (Phi) is 2.30. The van der Waals surface area contributed by atoms with Gasteiger partial charge in [-0.1, -0.05) is 0 Å². The number of hydrogen-bond acceptors (Lipinski definition) is 5. The molecule has 3 N–H and O–H groups in total. The molecule has 66 valence electrons. The number of rotatable bonds is 2. The summed E-state index contributed by atoms with van der Waals surface area (Å²) in [4.78, 5) is 3.45. The standard InChI is InChI=1S/C6H8N2O3S/c7-6-5(2-1-3-8-6)12(10,11)4-9/h1-3,9H,4H2,(H2,7,8). The van der Waals surface area contributed by atoms with Gasteiger partial charge < -0.3 is 10.8 Å². The van der Waals surface area contributed by atoms with Gasteiger partial charge in [-0.05, 0) is 12.1 Å². The maximum atomic E-state index is 11.1. The number of sulfone groups is 1. The Labute approximate surface area is 69.8 Å². The smallest absolute Gasteiger partial charge is 0.205 e. The molecule has 0 bridgehead atoms. The molecule has 0 saturated carbocycles. The minimum atomic E-state index is -3.66. The van der Waals surface area contributed by atoms with Crippen molar-refractivity contribution in [2.45, 2.75) is 4.90 Å². The van der Waals surface area contributed by atoms with Crippen LogP contribution in [-0.4, -0.2) is 24.4 Å². The number of aromatic nitrogens is 1. The van der Waals surface area contributed by atoms with E-state index in [1.807, 2.05) is 0 Å². The molecule has 0 saturated heterocycles. The summed E-state index contributed by atoms with van der Waals surface area (Å²) in [7, 11) is -3.66. The Bertz CT molecular complexity index is 374. The second-order valence-electron chi connectivity index (χ2n) is 2.13. The summed E-state index contributed by atoms with van der Waals surface area (Å²) in [5, 5.41) is 8.50. The quantitative estimate of drug-likeness (QED) is 0.645. The fourth-order valence-corrected chi connectivity index (χ4v) is 1.53. The van der Waals surface area contributed by atoms with Gasteiger partial charge in [0.2, 0.25) is 9.84 Å². The fourth-order valence-electron chi connectivity index (χ4n) is 0.735. The summed E-state index contributed by atoms with van der Waals surface area (Å²) in [6.45, 7) is 0. The highest BCUT2D eigenvalue weighted by Gasteiger charge is 2.15. The number of aliphatic hydroxyl groups is 1. The predicted molar refractivity (Wildman–Crippen MR) is 42.9 cm³/mol. The van der Waals surface area contributed by atoms with Crippen molar-refractivity contribution in [1.29, 1.82) is 0 Å². The first-order chi connectivity index (χ1) is 5.58. The lowest BCUT2D eigenvalue weighted by Gasteiger charge is -2.01. The van der Waals surface area contributed by atoms with Crippen molar-refractivity contribution >= 4 is 15.7 Å². The second kappa shape index (κ2) is 3.08. The predicted octanol–water partition coefficient (Wildman–Crippen LogP) is -0.613. The van der Waals surface area contributed by atoms with E-state index in [0.717, 1.165) is 0 Å². The monoisotopic (exact) mass is 188 g/mol. The summed E-state index contributed by atoms with van der Waals surface area (Å²) in [6, 6.07) is 2.74. The van der Waals surface area contributed by atoms with E-state index in [2.05, 4.69) is 4.98 Å². The highest BCUT2D eigenvalue weighted by atomic mass is 32.2. The number of anilines is 1. The number of pyridine rings is 1. The van der Waals surface area contributed by atoms with Gasteiger partial charge in [0.1, 0.15) is 16.7 Å². The third kappa shape index (κ3) is 1.54. The molecule has 6 heteroatoms. The van der Waals surface area contributed by atoms with Gasteiger partial charge in [-0.3, -0.25) is 0 Å². The molecule has 0 amide bonds. The Hall–Kier alpha value is -1.14. The van der Waals surface area contributed by atoms with E-state index in [0.29, 0.717) is 0 Å². The van der Waals surface area contributed by atoms with Crippen molar-refractivity contribution in [2.24, 2.45) is 0 Å². The van der Waals surface area contributed by atoms with E-state index in [4.69, 9.17) is 10.8 Å². The van der Waals surface area contributed by atoms with Crippen LogP contribution in [0.3, 0.4) is 0 Å². The summed E-state index contributed by atoms with van der Waals surface area (Å²) < 4.78 is 22.1. The Balaban J connectivity index is 3.30. The molecule has 12 heavy (non-hydrogen) atoms. The van der Waals surface area contributed by atoms with Crippen molar-refractivity contribution in [1.82, 2.24) is 4.98 Å². The highest BCUT2D eigenvalue weighted by molar-refractivity contribution is 7.91. The zero-order valence-electron chi connectivity index (χ0n) is 6.14. The van der Waals surface area contributed by atoms with Crippen molar-refractivity contribution in [3.8, 4) is 0 Å². The minimum absolute atomic E-state index is 0.0912. The van der Waals surface area contributed by atoms with E-state index in [9.17, 15) is 8.42 Å². The molecule has 1 heterocycles. The summed E-state index contributed by atoms with van der Waals surface area (Å²) in [6.07, 6.45) is 1.38. The molecule has 0 radical (unpaired) electrons. The largest absolute Gasteiger partial charge is 0.383 e. The van der Waals surface area contributed by atoms with Crippen LogP contribution in [0.5, 0.6) is 0 Å². The molecule has 0 fully saturated rings. The second-order valence-corrected chi connectivity index (χ2v) is 4.06. The molecule has 1 aromatic heterocycles. The van der Waals surface area contributed by atoms with Crippen LogP contribution in [0.1, 0.15) is 0 Å². The first-order valence-corrected chi connectivity index (χ1v) is 4.77. The molecule has 0 aliphatic heterocycles. The SMILES string of the molecule is Nc1ncccc1S(=O)(=O)CO. The molecule has 0 aromatic carbocycles. The zero-order valence-corrected chi connectivity index (χ0v) is 6.95. The van der Waals surface area contributed by atoms with Gasteiger partial charge in [0.15, 0.2) is 0 Å². The molecule has 1 aromatic rings. The molecular formula is C6H8N2O3S. The number of nitrogen functional groups attached to an aromatic ring is 1. The van der Waals surface area contributed by atoms with Crippen LogP contribution in [-0.2, 0) is 9.84 Å². The van der Waals surface area contributed by atoms with E-state index >= 15 is 0 Å². The average molecular weight is 188 g/mol. The third-order valence-electron chi connectivity index (χ3n) is 1.30. The molecule has 5 nitrogen and oxygen atoms in total. The van der Waals surface area contributed by atoms with Gasteiger partial charge in [-0.2, -0.15) is 0 Å². The minimum Gasteiger partial charge on any atom is -0.383 e. The Morgan fingerprint density at radius 1 is 1.58 bits per heavy atom. The molecule has 0 unspecified atom stereocenters. The summed E-state index contributed by atoms with van der Waals surface area (Å²) in [5.41, 5.74) is 5.28. The number of aliphatic hydroxyl groups excluding tert-OH is 1. The van der Waals surface area contributed by atoms with Gasteiger partial charge >= 0.3 is 0 Å². The van der Waals surface area contributed by atoms with Gasteiger partial charge in [-0.25, -0.2) is 13.4 Å². The molecule has 0 spiro atoms. The maximum Gasteiger partial charge on any atom is 0.205 e. The van der Waals surface area contributed by atoms with Gasteiger partial charge in [-0.15, -0.1) is 0 Å². The lowest BCUT2D eigenvalue weighted by atomic mass is 10.5. The Morgan fingerprint density at radius 3 is 2.75 bits per heavy atom. The number of hydrogen-bond donors (Lipinski definition) is 2. The molecule has 0 atom stereocenters. The zero-order chi connectivity index (χ0) is 9.19. The Morgan fingerprint density at radius 2 is 2.25 bits per heavy atom. The van der Waals surface area contributed by atoms with Crippen LogP contribution < -0.4 is 5.73 Å². The highest BCUT2D eigenvalue weighted by Crippen LogP contribution is 2.14. The van der Waals surface area contributed by atoms with E-state index in [-0.39, 0.29) is 10.7 Å². The van der Waals surface area contributed by atoms with Crippen LogP contribution in [0.2, 0.25) is 0 Å². The summed E-state index contributed by atoms with van der Waals surface area (Å²) in [5.74, 6) is -1.05. The van der Waals surface area contributed by atoms with Crippen molar-refractivity contribution in [2.75, 3.05) is 11.7 Å². The lowest BCUT2D eigenvalue weighted by Crippen LogP contribution is -2.09. The van der Waals surface area contributed by atoms with E-state index in [1.165, 1.54) is 18.3 Å². The first kappa shape index (κ1) is 8.95. The van der Waals surface area contributed by atoms with Crippen LogP contribution in [0.4, 0.5) is 5.82 Å². The van der Waals surface area contributed by atoms with Crippen LogP contribution in [0, 0.1) is 0 Å². The third-order valence-corrected chi connectivity index (χ3v) is 2.66.